The van der Waals surface area contributed by atoms with Crippen LogP contribution in [0.15, 0.2) is 70.9 Å². The van der Waals surface area contributed by atoms with Gasteiger partial charge in [0.15, 0.2) is 10.0 Å². The topological polar surface area (TPSA) is 87.3 Å². The molecule has 1 aromatic heterocycles. The van der Waals surface area contributed by atoms with Gasteiger partial charge in [0, 0.05) is 21.9 Å². The van der Waals surface area contributed by atoms with Gasteiger partial charge in [-0.3, -0.25) is 10.2 Å². The van der Waals surface area contributed by atoms with Crippen LogP contribution in [0.3, 0.4) is 0 Å². The molecule has 3 rings (SSSR count). The number of thioether (sulfide) groups is 1. The fourth-order valence-corrected chi connectivity index (χ4v) is 6.15. The summed E-state index contributed by atoms with van der Waals surface area (Å²) in [6.07, 6.45) is 3.39. The number of aldehydes is 1. The lowest BCUT2D eigenvalue weighted by Crippen LogP contribution is -2.45. The third-order valence-electron chi connectivity index (χ3n) is 4.61. The van der Waals surface area contributed by atoms with E-state index in [9.17, 15) is 13.8 Å². The van der Waals surface area contributed by atoms with Gasteiger partial charge < -0.3 is 4.79 Å². The number of amides is 1. The first-order valence-corrected chi connectivity index (χ1v) is 14.9. The van der Waals surface area contributed by atoms with Crippen molar-refractivity contribution in [3.05, 3.63) is 76.5 Å². The number of hydrogen-bond donors (Lipinski definition) is 3. The largest absolute Gasteiger partial charge is 0.302 e. The van der Waals surface area contributed by atoms with Crippen molar-refractivity contribution in [2.24, 2.45) is 0 Å². The molecule has 0 saturated carbocycles. The fraction of sp³-hybridized carbons (Fsp3) is 0.217. The predicted octanol–water partition coefficient (Wildman–Crippen LogP) is 4.43. The average molecular weight is 520 g/mol. The van der Waals surface area contributed by atoms with E-state index in [1.165, 1.54) is 10.8 Å². The molecule has 3 aromatic rings. The van der Waals surface area contributed by atoms with E-state index in [-0.39, 0.29) is 5.91 Å². The van der Waals surface area contributed by atoms with Crippen LogP contribution in [-0.2, 0) is 21.4 Å². The van der Waals surface area contributed by atoms with Gasteiger partial charge in [-0.2, -0.15) is 11.8 Å². The van der Waals surface area contributed by atoms with Crippen molar-refractivity contribution in [3.8, 4) is 11.1 Å². The van der Waals surface area contributed by atoms with Crippen LogP contribution in [0.2, 0.25) is 0 Å². The van der Waals surface area contributed by atoms with Crippen molar-refractivity contribution in [2.45, 2.75) is 23.9 Å². The Morgan fingerprint density at radius 1 is 1.15 bits per heavy atom. The lowest BCUT2D eigenvalue weighted by molar-refractivity contribution is -0.109. The minimum atomic E-state index is -1.33. The Bertz CT molecular complexity index is 1060. The van der Waals surface area contributed by atoms with Gasteiger partial charge >= 0.3 is 0 Å². The van der Waals surface area contributed by atoms with Gasteiger partial charge in [0.25, 0.3) is 5.91 Å². The first-order chi connectivity index (χ1) is 16.1. The Hall–Kier alpha value is -1.95. The first kappa shape index (κ1) is 25.7. The van der Waals surface area contributed by atoms with Crippen LogP contribution < -0.4 is 15.6 Å². The average Bonchev–Trinajstić information content (AvgIpc) is 3.37. The molecule has 33 heavy (non-hydrogen) atoms. The highest BCUT2D eigenvalue weighted by Gasteiger charge is 2.16. The van der Waals surface area contributed by atoms with Crippen LogP contribution in [0, 0.1) is 0 Å². The minimum Gasteiger partial charge on any atom is -0.302 e. The minimum absolute atomic E-state index is 0.335. The van der Waals surface area contributed by atoms with Gasteiger partial charge in [-0.25, -0.2) is 14.4 Å². The summed E-state index contributed by atoms with van der Waals surface area (Å²) in [5, 5.41) is 1.98. The molecule has 6 nitrogen and oxygen atoms in total. The van der Waals surface area contributed by atoms with E-state index < -0.39 is 16.1 Å². The van der Waals surface area contributed by atoms with Crippen LogP contribution in [0.4, 0.5) is 0 Å². The Kier molecular flexibility index (Phi) is 10.6. The zero-order valence-corrected chi connectivity index (χ0v) is 21.3. The van der Waals surface area contributed by atoms with E-state index >= 15 is 0 Å². The fourth-order valence-electron chi connectivity index (χ4n) is 2.93. The second kappa shape index (κ2) is 13.7. The van der Waals surface area contributed by atoms with Gasteiger partial charge in [0.05, 0.1) is 6.04 Å². The van der Waals surface area contributed by atoms with Gasteiger partial charge in [0.2, 0.25) is 0 Å². The number of carbonyl (C=O) groups excluding carboxylic acids is 2. The molecule has 1 amide bonds. The van der Waals surface area contributed by atoms with Gasteiger partial charge in [-0.05, 0) is 70.0 Å². The molecule has 1 heterocycles. The molecule has 0 fully saturated rings. The van der Waals surface area contributed by atoms with Crippen molar-refractivity contribution < 1.29 is 13.8 Å². The molecule has 10 heteroatoms. The van der Waals surface area contributed by atoms with E-state index in [4.69, 9.17) is 0 Å². The van der Waals surface area contributed by atoms with E-state index in [0.29, 0.717) is 18.5 Å². The normalized spacial score (nSPS) is 12.8. The van der Waals surface area contributed by atoms with Crippen LogP contribution in [-0.4, -0.2) is 34.5 Å². The molecule has 0 aliphatic carbocycles. The summed E-state index contributed by atoms with van der Waals surface area (Å²) in [6.45, 7) is 0.531. The quantitative estimate of drug-likeness (QED) is 0.176. The van der Waals surface area contributed by atoms with Crippen LogP contribution in [0.5, 0.6) is 0 Å². The van der Waals surface area contributed by atoms with Crippen LogP contribution in [0.25, 0.3) is 11.1 Å². The molecule has 0 bridgehead atoms. The van der Waals surface area contributed by atoms with Crippen LogP contribution in [0.1, 0.15) is 21.7 Å². The molecule has 2 atom stereocenters. The summed E-state index contributed by atoms with van der Waals surface area (Å²) >= 11 is 3.25. The number of nitrogens with one attached hydrogen (secondary N) is 3. The van der Waals surface area contributed by atoms with Gasteiger partial charge in [0.1, 0.15) is 6.29 Å². The first-order valence-electron chi connectivity index (χ1n) is 10.2. The monoisotopic (exact) mass is 519 g/mol. The van der Waals surface area contributed by atoms with Crippen molar-refractivity contribution in [3.63, 3.8) is 0 Å². The molecule has 0 aliphatic heterocycles. The Balaban J connectivity index is 1.74. The second-order valence-corrected chi connectivity index (χ2v) is 11.7. The van der Waals surface area contributed by atoms with Crippen molar-refractivity contribution in [2.75, 3.05) is 12.0 Å². The van der Waals surface area contributed by atoms with Crippen molar-refractivity contribution in [1.29, 1.82) is 0 Å². The van der Waals surface area contributed by atoms with E-state index in [1.807, 2.05) is 60.2 Å². The number of benzene rings is 2. The number of thiophene rings is 1. The molecule has 1 unspecified atom stereocenters. The number of hydrogen-bond acceptors (Lipinski definition) is 7. The van der Waals surface area contributed by atoms with E-state index in [2.05, 4.69) is 15.6 Å². The molecule has 174 valence electrons. The van der Waals surface area contributed by atoms with Gasteiger partial charge in [-0.1, -0.05) is 36.4 Å². The zero-order valence-electron chi connectivity index (χ0n) is 18.0. The molecule has 0 spiro atoms. The molecule has 0 aliphatic rings. The molecular formula is C23H25N3O3S4. The van der Waals surface area contributed by atoms with Crippen molar-refractivity contribution >= 4 is 56.1 Å². The highest BCUT2D eigenvalue weighted by atomic mass is 33.1. The SMILES string of the molecule is CSCC[C@H](C=O)NNC(=O)c1ccc(SS(=O)NCc2cccs2)cc1-c1ccccc1. The summed E-state index contributed by atoms with van der Waals surface area (Å²) in [4.78, 5) is 26.1. The maximum Gasteiger partial charge on any atom is 0.266 e. The summed E-state index contributed by atoms with van der Waals surface area (Å²) < 4.78 is 15.5. The van der Waals surface area contributed by atoms with Crippen molar-refractivity contribution in [1.82, 2.24) is 15.6 Å². The highest BCUT2D eigenvalue weighted by Crippen LogP contribution is 2.30. The summed E-state index contributed by atoms with van der Waals surface area (Å²) in [7, 11) is -0.137. The summed E-state index contributed by atoms with van der Waals surface area (Å²) in [6, 6.07) is 18.4. The lowest BCUT2D eigenvalue weighted by Gasteiger charge is -2.16. The molecular weight excluding hydrogens is 495 g/mol. The summed E-state index contributed by atoms with van der Waals surface area (Å²) in [5.41, 5.74) is 7.53. The second-order valence-electron chi connectivity index (χ2n) is 6.91. The number of carbonyl (C=O) groups is 2. The Labute approximate surface area is 208 Å². The smallest absolute Gasteiger partial charge is 0.266 e. The lowest BCUT2D eigenvalue weighted by atomic mass is 9.99. The summed E-state index contributed by atoms with van der Waals surface area (Å²) in [5.74, 6) is 0.476. The molecule has 0 saturated heterocycles. The number of hydrazine groups is 1. The molecule has 2 aromatic carbocycles. The van der Waals surface area contributed by atoms with E-state index in [1.54, 1.807) is 35.2 Å². The Morgan fingerprint density at radius 3 is 2.67 bits per heavy atom. The molecule has 3 N–H and O–H groups in total. The molecule has 0 radical (unpaired) electrons. The predicted molar refractivity (Wildman–Crippen MR) is 140 cm³/mol. The van der Waals surface area contributed by atoms with Crippen LogP contribution >= 0.6 is 33.9 Å². The van der Waals surface area contributed by atoms with Gasteiger partial charge in [-0.15, -0.1) is 11.3 Å². The Morgan fingerprint density at radius 2 is 1.97 bits per heavy atom. The third kappa shape index (κ3) is 8.09. The standard InChI is InChI=1S/C23H25N3O3S4/c1-30-13-11-18(16-27)25-26-23(28)21-10-9-19(14-22(21)17-6-3-2-4-7-17)32-33(29)24-15-20-8-5-12-31-20/h2-10,12,14,16,18,24-25H,11,13,15H2,1H3,(H,26,28)/t18-,33?/m1/s1. The number of rotatable bonds is 13. The highest BCUT2D eigenvalue weighted by molar-refractivity contribution is 8.68. The van der Waals surface area contributed by atoms with E-state index in [0.717, 1.165) is 32.9 Å². The third-order valence-corrected chi connectivity index (χ3v) is 8.49. The maximum absolute atomic E-state index is 12.9. The zero-order chi connectivity index (χ0) is 23.5. The maximum atomic E-state index is 12.9.